The predicted octanol–water partition coefficient (Wildman–Crippen LogP) is 6.87. The Morgan fingerprint density at radius 3 is 2.65 bits per heavy atom. The summed E-state index contributed by atoms with van der Waals surface area (Å²) >= 11 is 6.11. The minimum atomic E-state index is -0.0579. The molecule has 1 aliphatic rings. The number of halogens is 1. The summed E-state index contributed by atoms with van der Waals surface area (Å²) in [5.74, 6) is 0. The van der Waals surface area contributed by atoms with Gasteiger partial charge in [0.05, 0.1) is 6.54 Å². The number of aryl methyl sites for hydroxylation is 1. The van der Waals surface area contributed by atoms with E-state index in [-0.39, 0.29) is 12.1 Å². The number of urea groups is 1. The molecule has 1 aliphatic carbocycles. The third-order valence-electron chi connectivity index (χ3n) is 6.04. The molecule has 0 unspecified atom stereocenters. The quantitative estimate of drug-likeness (QED) is 0.450. The van der Waals surface area contributed by atoms with Crippen molar-refractivity contribution in [1.29, 1.82) is 0 Å². The van der Waals surface area contributed by atoms with Crippen LogP contribution < -0.4 is 5.32 Å². The fourth-order valence-electron chi connectivity index (χ4n) is 4.45. The number of hydrogen-bond donors (Lipinski definition) is 1. The van der Waals surface area contributed by atoms with E-state index in [1.54, 1.807) is 6.07 Å². The Morgan fingerprint density at radius 1 is 1.06 bits per heavy atom. The molecule has 0 bridgehead atoms. The van der Waals surface area contributed by atoms with Crippen molar-refractivity contribution in [2.75, 3.05) is 5.32 Å². The SMILES string of the molecule is Cc1cccc(Cn2cccc2CN(C(=O)Nc2cccc(Cl)c2)C2CCCCC2)c1. The van der Waals surface area contributed by atoms with Gasteiger partial charge in [-0.15, -0.1) is 0 Å². The first-order valence-electron chi connectivity index (χ1n) is 11.1. The van der Waals surface area contributed by atoms with E-state index in [9.17, 15) is 4.79 Å². The van der Waals surface area contributed by atoms with E-state index in [1.807, 2.05) is 23.1 Å². The summed E-state index contributed by atoms with van der Waals surface area (Å²) in [4.78, 5) is 15.3. The first kappa shape index (κ1) is 21.5. The maximum absolute atomic E-state index is 13.3. The summed E-state index contributed by atoms with van der Waals surface area (Å²) in [5.41, 5.74) is 4.41. The van der Waals surface area contributed by atoms with Crippen molar-refractivity contribution in [3.05, 3.63) is 88.7 Å². The first-order valence-corrected chi connectivity index (χ1v) is 11.5. The van der Waals surface area contributed by atoms with Crippen molar-refractivity contribution in [2.45, 2.75) is 58.2 Å². The molecular formula is C26H30ClN3O. The molecule has 1 N–H and O–H groups in total. The van der Waals surface area contributed by atoms with Gasteiger partial charge in [0.25, 0.3) is 0 Å². The highest BCUT2D eigenvalue weighted by atomic mass is 35.5. The van der Waals surface area contributed by atoms with Gasteiger partial charge in [0.2, 0.25) is 0 Å². The van der Waals surface area contributed by atoms with E-state index >= 15 is 0 Å². The van der Waals surface area contributed by atoms with E-state index in [2.05, 4.69) is 59.4 Å². The molecule has 31 heavy (non-hydrogen) atoms. The molecule has 5 heteroatoms. The van der Waals surface area contributed by atoms with Crippen LogP contribution >= 0.6 is 11.6 Å². The van der Waals surface area contributed by atoms with Gasteiger partial charge in [-0.3, -0.25) is 0 Å². The highest BCUT2D eigenvalue weighted by Gasteiger charge is 2.26. The molecule has 1 aromatic heterocycles. The van der Waals surface area contributed by atoms with Crippen molar-refractivity contribution in [3.63, 3.8) is 0 Å². The van der Waals surface area contributed by atoms with E-state index in [0.717, 1.165) is 30.8 Å². The van der Waals surface area contributed by atoms with Crippen LogP contribution in [0.1, 0.15) is 48.9 Å². The average Bonchev–Trinajstić information content (AvgIpc) is 3.19. The van der Waals surface area contributed by atoms with Gasteiger partial charge in [-0.05, 0) is 55.7 Å². The highest BCUT2D eigenvalue weighted by Crippen LogP contribution is 2.26. The number of nitrogens with zero attached hydrogens (tertiary/aromatic N) is 2. The number of carbonyl (C=O) groups is 1. The number of rotatable bonds is 6. The number of anilines is 1. The number of nitrogens with one attached hydrogen (secondary N) is 1. The normalized spacial score (nSPS) is 14.4. The zero-order valence-electron chi connectivity index (χ0n) is 18.1. The summed E-state index contributed by atoms with van der Waals surface area (Å²) in [7, 11) is 0. The number of aromatic nitrogens is 1. The molecule has 2 aromatic carbocycles. The molecule has 0 aliphatic heterocycles. The van der Waals surface area contributed by atoms with Crippen LogP contribution in [0.4, 0.5) is 10.5 Å². The van der Waals surface area contributed by atoms with Crippen LogP contribution in [0.5, 0.6) is 0 Å². The van der Waals surface area contributed by atoms with Crippen LogP contribution in [0.3, 0.4) is 0 Å². The Labute approximate surface area is 189 Å². The van der Waals surface area contributed by atoms with Crippen LogP contribution in [-0.2, 0) is 13.1 Å². The molecule has 3 aromatic rings. The van der Waals surface area contributed by atoms with E-state index in [0.29, 0.717) is 11.6 Å². The fraction of sp³-hybridized carbons (Fsp3) is 0.346. The van der Waals surface area contributed by atoms with Gasteiger partial charge < -0.3 is 14.8 Å². The maximum atomic E-state index is 13.3. The second-order valence-corrected chi connectivity index (χ2v) is 8.91. The van der Waals surface area contributed by atoms with Crippen LogP contribution in [0.2, 0.25) is 5.02 Å². The summed E-state index contributed by atoms with van der Waals surface area (Å²) in [6.07, 6.45) is 7.82. The van der Waals surface area contributed by atoms with Crippen LogP contribution in [0.25, 0.3) is 0 Å². The van der Waals surface area contributed by atoms with Crippen LogP contribution in [-0.4, -0.2) is 21.5 Å². The minimum Gasteiger partial charge on any atom is -0.345 e. The lowest BCUT2D eigenvalue weighted by molar-refractivity contribution is 0.161. The van der Waals surface area contributed by atoms with Gasteiger partial charge in [0.15, 0.2) is 0 Å². The topological polar surface area (TPSA) is 37.3 Å². The third kappa shape index (κ3) is 5.71. The lowest BCUT2D eigenvalue weighted by Gasteiger charge is -2.34. The van der Waals surface area contributed by atoms with Gasteiger partial charge in [0.1, 0.15) is 0 Å². The molecule has 0 spiro atoms. The van der Waals surface area contributed by atoms with Crippen molar-refractivity contribution in [1.82, 2.24) is 9.47 Å². The number of benzene rings is 2. The number of amides is 2. The Hall–Kier alpha value is -2.72. The van der Waals surface area contributed by atoms with E-state index in [4.69, 9.17) is 11.6 Å². The van der Waals surface area contributed by atoms with Crippen molar-refractivity contribution in [2.24, 2.45) is 0 Å². The Balaban J connectivity index is 1.54. The lowest BCUT2D eigenvalue weighted by atomic mass is 9.94. The first-order chi connectivity index (χ1) is 15.1. The summed E-state index contributed by atoms with van der Waals surface area (Å²) in [5, 5.41) is 3.68. The van der Waals surface area contributed by atoms with Gasteiger partial charge in [0, 0.05) is 35.2 Å². The van der Waals surface area contributed by atoms with Crippen LogP contribution in [0, 0.1) is 6.92 Å². The fourth-order valence-corrected chi connectivity index (χ4v) is 4.64. The second-order valence-electron chi connectivity index (χ2n) is 8.48. The zero-order valence-corrected chi connectivity index (χ0v) is 18.8. The minimum absolute atomic E-state index is 0.0579. The molecule has 0 atom stereocenters. The molecule has 4 rings (SSSR count). The Kier molecular flexibility index (Phi) is 6.98. The van der Waals surface area contributed by atoms with Crippen molar-refractivity contribution >= 4 is 23.3 Å². The number of carbonyl (C=O) groups excluding carboxylic acids is 1. The molecule has 1 fully saturated rings. The van der Waals surface area contributed by atoms with Crippen molar-refractivity contribution < 1.29 is 4.79 Å². The molecule has 4 nitrogen and oxygen atoms in total. The summed E-state index contributed by atoms with van der Waals surface area (Å²) < 4.78 is 2.25. The lowest BCUT2D eigenvalue weighted by Crippen LogP contribution is -2.43. The smallest absolute Gasteiger partial charge is 0.322 e. The van der Waals surface area contributed by atoms with Gasteiger partial charge in [-0.2, -0.15) is 0 Å². The molecule has 1 heterocycles. The predicted molar refractivity (Wildman–Crippen MR) is 128 cm³/mol. The van der Waals surface area contributed by atoms with E-state index in [1.165, 1.54) is 30.4 Å². The summed E-state index contributed by atoms with van der Waals surface area (Å²) in [6, 6.07) is 20.3. The second kappa shape index (κ2) is 10.1. The molecular weight excluding hydrogens is 406 g/mol. The van der Waals surface area contributed by atoms with Crippen molar-refractivity contribution in [3.8, 4) is 0 Å². The monoisotopic (exact) mass is 435 g/mol. The molecule has 2 amide bonds. The maximum Gasteiger partial charge on any atom is 0.322 e. The largest absolute Gasteiger partial charge is 0.345 e. The molecule has 162 valence electrons. The Bertz CT molecular complexity index is 1020. The molecule has 1 saturated carbocycles. The standard InChI is InChI=1S/C26H30ClN3O/c1-20-8-5-9-21(16-20)18-29-15-7-14-25(29)19-30(24-12-3-2-4-13-24)26(31)28-23-11-6-10-22(27)17-23/h5-11,14-17,24H,2-4,12-13,18-19H2,1H3,(H,28,31). The Morgan fingerprint density at radius 2 is 1.87 bits per heavy atom. The zero-order chi connectivity index (χ0) is 21.6. The van der Waals surface area contributed by atoms with Gasteiger partial charge in [-0.1, -0.05) is 66.8 Å². The number of hydrogen-bond acceptors (Lipinski definition) is 1. The van der Waals surface area contributed by atoms with Gasteiger partial charge in [-0.25, -0.2) is 4.79 Å². The molecule has 0 radical (unpaired) electrons. The van der Waals surface area contributed by atoms with Gasteiger partial charge >= 0.3 is 6.03 Å². The van der Waals surface area contributed by atoms with Crippen LogP contribution in [0.15, 0.2) is 66.9 Å². The summed E-state index contributed by atoms with van der Waals surface area (Å²) in [6.45, 7) is 3.51. The van der Waals surface area contributed by atoms with E-state index < -0.39 is 0 Å². The third-order valence-corrected chi connectivity index (χ3v) is 6.28. The molecule has 0 saturated heterocycles. The highest BCUT2D eigenvalue weighted by molar-refractivity contribution is 6.30. The average molecular weight is 436 g/mol.